The van der Waals surface area contributed by atoms with Gasteiger partial charge in [-0.15, -0.1) is 0 Å². The number of hydrogen-bond donors (Lipinski definition) is 0. The molecule has 4 heterocycles. The van der Waals surface area contributed by atoms with E-state index in [4.69, 9.17) is 15.0 Å². The fraction of sp³-hybridized carbons (Fsp3) is 0. The minimum atomic E-state index is -3.56. The first-order valence-corrected chi connectivity index (χ1v) is 14.4. The molecule has 0 fully saturated rings. The van der Waals surface area contributed by atoms with Crippen LogP contribution in [-0.2, 0) is 4.57 Å². The molecule has 8 rings (SSSR count). The fourth-order valence-corrected chi connectivity index (χ4v) is 8.16. The molecule has 0 aliphatic heterocycles. The van der Waals surface area contributed by atoms with Gasteiger partial charge in [-0.3, -0.25) is 9.38 Å². The average Bonchev–Trinajstić information content (AvgIpc) is 3.41. The van der Waals surface area contributed by atoms with E-state index in [0.717, 1.165) is 49.3 Å². The van der Waals surface area contributed by atoms with E-state index in [1.807, 2.05) is 91.1 Å². The standard InChI is InChI=1S/C32H20N5OP/c38-39(22-11-2-1-3-12-22,32-34-18-21-10-4-6-14-25(21)36-32)29-20-33-19-24-30(29)23-13-5-8-16-27(23)37-28-17-9-7-15-26(28)35-31(24)37/h1-20H. The maximum atomic E-state index is 15.6. The van der Waals surface area contributed by atoms with Crippen molar-refractivity contribution in [2.45, 2.75) is 0 Å². The Hall–Kier alpha value is -4.93. The predicted octanol–water partition coefficient (Wildman–Crippen LogP) is 5.77. The summed E-state index contributed by atoms with van der Waals surface area (Å²) in [6.45, 7) is 0. The molecular formula is C32H20N5OP. The number of para-hydroxylation sites is 4. The minimum Gasteiger partial charge on any atom is -0.305 e. The molecule has 0 amide bonds. The van der Waals surface area contributed by atoms with Crippen LogP contribution in [0.25, 0.3) is 49.3 Å². The Morgan fingerprint density at radius 3 is 2.21 bits per heavy atom. The number of rotatable bonds is 3. The Morgan fingerprint density at radius 1 is 0.615 bits per heavy atom. The monoisotopic (exact) mass is 521 g/mol. The Balaban J connectivity index is 1.57. The van der Waals surface area contributed by atoms with Gasteiger partial charge in [0.1, 0.15) is 5.65 Å². The summed E-state index contributed by atoms with van der Waals surface area (Å²) in [6.07, 6.45) is 5.30. The highest BCUT2D eigenvalue weighted by Gasteiger charge is 2.36. The van der Waals surface area contributed by atoms with Crippen molar-refractivity contribution in [1.29, 1.82) is 0 Å². The van der Waals surface area contributed by atoms with Crippen molar-refractivity contribution in [3.8, 4) is 0 Å². The third-order valence-corrected chi connectivity index (χ3v) is 10.2. The number of hydrogen-bond acceptors (Lipinski definition) is 5. The molecule has 0 radical (unpaired) electrons. The number of fused-ring (bicyclic) bond motifs is 9. The second kappa shape index (κ2) is 8.29. The number of pyridine rings is 2. The second-order valence-electron chi connectivity index (χ2n) is 9.53. The highest BCUT2D eigenvalue weighted by molar-refractivity contribution is 7.85. The van der Waals surface area contributed by atoms with Crippen molar-refractivity contribution >= 4 is 72.6 Å². The van der Waals surface area contributed by atoms with Crippen LogP contribution in [0.1, 0.15) is 0 Å². The normalized spacial score (nSPS) is 13.4. The zero-order chi connectivity index (χ0) is 26.0. The summed E-state index contributed by atoms with van der Waals surface area (Å²) < 4.78 is 17.8. The molecular weight excluding hydrogens is 501 g/mol. The minimum absolute atomic E-state index is 0.291. The second-order valence-corrected chi connectivity index (χ2v) is 12.1. The molecule has 0 saturated carbocycles. The first-order valence-electron chi connectivity index (χ1n) is 12.7. The van der Waals surface area contributed by atoms with Crippen LogP contribution in [0.15, 0.2) is 122 Å². The fourth-order valence-electron chi connectivity index (χ4n) is 5.59. The molecule has 1 atom stereocenters. The summed E-state index contributed by atoms with van der Waals surface area (Å²) in [5.41, 5.74) is 4.71. The van der Waals surface area contributed by atoms with Crippen LogP contribution >= 0.6 is 7.14 Å². The molecule has 0 spiro atoms. The molecule has 4 aromatic carbocycles. The van der Waals surface area contributed by atoms with Gasteiger partial charge in [0.2, 0.25) is 7.14 Å². The molecule has 0 saturated heterocycles. The van der Waals surface area contributed by atoms with Crippen molar-refractivity contribution in [3.05, 3.63) is 122 Å². The lowest BCUT2D eigenvalue weighted by Gasteiger charge is -2.21. The van der Waals surface area contributed by atoms with Crippen LogP contribution in [0, 0.1) is 0 Å². The molecule has 7 heteroatoms. The van der Waals surface area contributed by atoms with Gasteiger partial charge < -0.3 is 4.57 Å². The molecule has 0 aliphatic carbocycles. The van der Waals surface area contributed by atoms with Crippen molar-refractivity contribution in [3.63, 3.8) is 0 Å². The van der Waals surface area contributed by atoms with Gasteiger partial charge in [-0.2, -0.15) is 0 Å². The lowest BCUT2D eigenvalue weighted by Crippen LogP contribution is -2.30. The van der Waals surface area contributed by atoms with Gasteiger partial charge in [-0.1, -0.05) is 78.9 Å². The number of aromatic nitrogens is 5. The van der Waals surface area contributed by atoms with Crippen LogP contribution in [0.5, 0.6) is 0 Å². The molecule has 184 valence electrons. The first kappa shape index (κ1) is 22.1. The van der Waals surface area contributed by atoms with Crippen molar-refractivity contribution < 1.29 is 4.57 Å². The Labute approximate surface area is 223 Å². The molecule has 1 unspecified atom stereocenters. The summed E-state index contributed by atoms with van der Waals surface area (Å²) in [7, 11) is -3.56. The van der Waals surface area contributed by atoms with E-state index in [2.05, 4.69) is 27.6 Å². The van der Waals surface area contributed by atoms with Crippen LogP contribution in [0.3, 0.4) is 0 Å². The molecule has 0 bridgehead atoms. The molecule has 0 N–H and O–H groups in total. The predicted molar refractivity (Wildman–Crippen MR) is 158 cm³/mol. The largest absolute Gasteiger partial charge is 0.305 e. The van der Waals surface area contributed by atoms with Crippen molar-refractivity contribution in [2.24, 2.45) is 0 Å². The van der Waals surface area contributed by atoms with Gasteiger partial charge in [0.05, 0.1) is 22.1 Å². The number of benzene rings is 4. The SMILES string of the molecule is O=P(c1ccccc1)(c1ncc2ccccc2n1)c1cncc2c1c1ccccc1n1c3ccccc3nc21. The Morgan fingerprint density at radius 2 is 1.33 bits per heavy atom. The topological polar surface area (TPSA) is 73.0 Å². The van der Waals surface area contributed by atoms with Crippen molar-refractivity contribution in [2.75, 3.05) is 0 Å². The lowest BCUT2D eigenvalue weighted by molar-refractivity contribution is 0.591. The van der Waals surface area contributed by atoms with E-state index in [-0.39, 0.29) is 0 Å². The highest BCUT2D eigenvalue weighted by atomic mass is 31.2. The van der Waals surface area contributed by atoms with Crippen LogP contribution < -0.4 is 16.2 Å². The molecule has 4 aromatic heterocycles. The number of imidazole rings is 1. The van der Waals surface area contributed by atoms with Crippen LogP contribution in [-0.4, -0.2) is 24.3 Å². The average molecular weight is 522 g/mol. The van der Waals surface area contributed by atoms with Gasteiger partial charge in [0.25, 0.3) is 0 Å². The van der Waals surface area contributed by atoms with E-state index in [0.29, 0.717) is 16.2 Å². The maximum Gasteiger partial charge on any atom is 0.208 e. The molecule has 6 nitrogen and oxygen atoms in total. The van der Waals surface area contributed by atoms with E-state index < -0.39 is 7.14 Å². The zero-order valence-electron chi connectivity index (χ0n) is 20.6. The van der Waals surface area contributed by atoms with Gasteiger partial charge in [0, 0.05) is 50.7 Å². The summed E-state index contributed by atoms with van der Waals surface area (Å²) in [4.78, 5) is 19.2. The van der Waals surface area contributed by atoms with Crippen LogP contribution in [0.4, 0.5) is 0 Å². The smallest absolute Gasteiger partial charge is 0.208 e. The highest BCUT2D eigenvalue weighted by Crippen LogP contribution is 2.45. The van der Waals surface area contributed by atoms with Crippen LogP contribution in [0.2, 0.25) is 0 Å². The summed E-state index contributed by atoms with van der Waals surface area (Å²) in [5.74, 6) is 0. The van der Waals surface area contributed by atoms with E-state index in [1.165, 1.54) is 0 Å². The van der Waals surface area contributed by atoms with E-state index in [1.54, 1.807) is 12.4 Å². The Bertz CT molecular complexity index is 2280. The number of nitrogens with zero attached hydrogens (tertiary/aromatic N) is 5. The zero-order valence-corrected chi connectivity index (χ0v) is 21.5. The quantitative estimate of drug-likeness (QED) is 0.218. The van der Waals surface area contributed by atoms with E-state index in [9.17, 15) is 0 Å². The first-order chi connectivity index (χ1) is 19.2. The van der Waals surface area contributed by atoms with Gasteiger partial charge in [0.15, 0.2) is 5.57 Å². The maximum absolute atomic E-state index is 15.6. The van der Waals surface area contributed by atoms with Gasteiger partial charge >= 0.3 is 0 Å². The molecule has 0 aliphatic rings. The summed E-state index contributed by atoms with van der Waals surface area (Å²) in [5, 5.41) is 4.82. The Kier molecular flexibility index (Phi) is 4.69. The third kappa shape index (κ3) is 3.13. The molecule has 8 aromatic rings. The van der Waals surface area contributed by atoms with E-state index >= 15 is 4.57 Å². The summed E-state index contributed by atoms with van der Waals surface area (Å²) in [6, 6.07) is 33.5. The third-order valence-electron chi connectivity index (χ3n) is 7.36. The molecule has 39 heavy (non-hydrogen) atoms. The van der Waals surface area contributed by atoms with Crippen molar-refractivity contribution in [1.82, 2.24) is 24.3 Å². The van der Waals surface area contributed by atoms with Gasteiger partial charge in [-0.05, 0) is 24.3 Å². The summed E-state index contributed by atoms with van der Waals surface area (Å²) >= 11 is 0. The van der Waals surface area contributed by atoms with Gasteiger partial charge in [-0.25, -0.2) is 15.0 Å². The lowest BCUT2D eigenvalue weighted by atomic mass is 10.1.